The lowest BCUT2D eigenvalue weighted by molar-refractivity contribution is -0.134. The summed E-state index contributed by atoms with van der Waals surface area (Å²) in [6, 6.07) is 5.83. The van der Waals surface area contributed by atoms with Gasteiger partial charge in [0.05, 0.1) is 25.1 Å². The second kappa shape index (κ2) is 18.9. The zero-order valence-electron chi connectivity index (χ0n) is 34.1. The molecule has 1 saturated heterocycles. The third-order valence-electron chi connectivity index (χ3n) is 14.2. The normalized spacial score (nSPS) is 29.8. The number of H-pyrrole nitrogens is 1. The van der Waals surface area contributed by atoms with Crippen LogP contribution in [0.3, 0.4) is 0 Å². The standard InChI is InChI=1S/C47H64N4O7/c1-58-43-22-34-5-9-44(56)47(14-10-29(20-45(47)57)18-33(13-17-52)37-21-35-4-8-39(54)24-41(35)50-27-37)15-11-31(40(34)25-42(43)55)2-6-38(53)7-3-32-23-46(48)51-28-36(32)19-30-12-16-49-26-30/h12,16,22-23,25-26,29,31,33,35,37-38,41,45,49-53,55,57H,2-10,13-14,17-21,24,27-28,48H2,1H3/t29-,31+,33+,35-,37-,38+,41-,45-,47-/m1/s1. The maximum absolute atomic E-state index is 14.3. The van der Waals surface area contributed by atoms with Crippen LogP contribution < -0.4 is 21.1 Å². The van der Waals surface area contributed by atoms with Gasteiger partial charge in [-0.3, -0.25) is 9.59 Å². The second-order valence-corrected chi connectivity index (χ2v) is 17.9. The highest BCUT2D eigenvalue weighted by Gasteiger charge is 2.48. The number of phenolic OH excluding ortho intramolecular Hbond substituents is 1. The summed E-state index contributed by atoms with van der Waals surface area (Å²) < 4.78 is 5.47. The number of phenols is 1. The molecule has 3 fully saturated rings. The monoisotopic (exact) mass is 796 g/mol. The highest BCUT2D eigenvalue weighted by molar-refractivity contribution is 5.89. The number of aliphatic hydroxyl groups excluding tert-OH is 3. The summed E-state index contributed by atoms with van der Waals surface area (Å²) in [5, 5.41) is 51.3. The van der Waals surface area contributed by atoms with Gasteiger partial charge in [0.1, 0.15) is 11.2 Å². The molecular formula is C47H64N4O7. The van der Waals surface area contributed by atoms with Crippen LogP contribution in [-0.4, -0.2) is 82.0 Å². The maximum atomic E-state index is 14.3. The van der Waals surface area contributed by atoms with Gasteiger partial charge in [-0.1, -0.05) is 11.8 Å². The number of Topliss-reactive ketones (excluding diaryl/α,β-unsaturated/α-hetero) is 2. The number of aryl methyl sites for hydroxylation is 1. The number of ketones is 2. The molecule has 2 aromatic rings. The number of aromatic hydroxyl groups is 1. The first-order chi connectivity index (χ1) is 28.0. The molecule has 0 bridgehead atoms. The lowest BCUT2D eigenvalue weighted by Gasteiger charge is -2.44. The van der Waals surface area contributed by atoms with Crippen LogP contribution in [0.15, 0.2) is 53.6 Å². The molecule has 9 N–H and O–H groups in total. The van der Waals surface area contributed by atoms with Crippen molar-refractivity contribution in [2.24, 2.45) is 34.8 Å². The fraction of sp³-hybridized carbons (Fsp3) is 0.617. The van der Waals surface area contributed by atoms with Gasteiger partial charge in [0.25, 0.3) is 0 Å². The maximum Gasteiger partial charge on any atom is 0.160 e. The summed E-state index contributed by atoms with van der Waals surface area (Å²) in [7, 11) is 1.51. The van der Waals surface area contributed by atoms with E-state index < -0.39 is 17.6 Å². The lowest BCUT2D eigenvalue weighted by atomic mass is 9.63. The van der Waals surface area contributed by atoms with E-state index in [0.29, 0.717) is 106 Å². The Balaban J connectivity index is 1.05. The molecule has 1 aromatic heterocycles. The molecule has 0 radical (unpaired) electrons. The number of hydrogen-bond acceptors (Lipinski definition) is 10. The number of methoxy groups -OCH3 is 1. The minimum Gasteiger partial charge on any atom is -0.504 e. The average Bonchev–Trinajstić information content (AvgIpc) is 3.74. The molecule has 7 rings (SSSR count). The predicted octanol–water partition coefficient (Wildman–Crippen LogP) is 5.08. The summed E-state index contributed by atoms with van der Waals surface area (Å²) in [6.07, 6.45) is 14.6. The third kappa shape index (κ3) is 9.68. The number of hydrogen-bond donors (Lipinski definition) is 8. The topological polar surface area (TPSA) is 190 Å². The summed E-state index contributed by atoms with van der Waals surface area (Å²) in [5.74, 6) is 9.12. The number of fused-ring (bicyclic) bond motifs is 2. The van der Waals surface area contributed by atoms with Crippen molar-refractivity contribution in [3.05, 3.63) is 70.3 Å². The molecule has 1 aromatic carbocycles. The summed E-state index contributed by atoms with van der Waals surface area (Å²) in [6.45, 7) is 1.62. The molecule has 5 aliphatic rings. The van der Waals surface area contributed by atoms with Gasteiger partial charge in [-0.05, 0) is 166 Å². The fourth-order valence-corrected chi connectivity index (χ4v) is 10.8. The van der Waals surface area contributed by atoms with Gasteiger partial charge in [-0.15, -0.1) is 0 Å². The first-order valence-corrected chi connectivity index (χ1v) is 21.8. The Morgan fingerprint density at radius 2 is 1.97 bits per heavy atom. The molecule has 3 heterocycles. The van der Waals surface area contributed by atoms with E-state index >= 15 is 0 Å². The molecule has 1 spiro atoms. The van der Waals surface area contributed by atoms with Gasteiger partial charge in [0.15, 0.2) is 17.3 Å². The molecule has 11 nitrogen and oxygen atoms in total. The van der Waals surface area contributed by atoms with Crippen molar-refractivity contribution in [2.45, 2.75) is 127 Å². The van der Waals surface area contributed by atoms with Gasteiger partial charge >= 0.3 is 0 Å². The smallest absolute Gasteiger partial charge is 0.160 e. The van der Waals surface area contributed by atoms with Crippen LogP contribution in [0.25, 0.3) is 0 Å². The number of ether oxygens (including phenoxy) is 1. The number of dihydropyridines is 1. The Morgan fingerprint density at radius 1 is 1.10 bits per heavy atom. The summed E-state index contributed by atoms with van der Waals surface area (Å²) in [4.78, 5) is 29.5. The number of nitrogens with two attached hydrogens (primary N) is 1. The first-order valence-electron chi connectivity index (χ1n) is 21.8. The van der Waals surface area contributed by atoms with Crippen LogP contribution in [0.2, 0.25) is 0 Å². The minimum absolute atomic E-state index is 0.00435. The average molecular weight is 797 g/mol. The highest BCUT2D eigenvalue weighted by atomic mass is 16.5. The van der Waals surface area contributed by atoms with Gasteiger partial charge in [-0.25, -0.2) is 0 Å². The van der Waals surface area contributed by atoms with E-state index in [4.69, 9.17) is 10.5 Å². The van der Waals surface area contributed by atoms with Crippen LogP contribution in [0, 0.1) is 40.9 Å². The number of aliphatic hydroxyl groups is 3. The molecule has 2 saturated carbocycles. The summed E-state index contributed by atoms with van der Waals surface area (Å²) >= 11 is 0. The van der Waals surface area contributed by atoms with Crippen LogP contribution in [0.4, 0.5) is 0 Å². The van der Waals surface area contributed by atoms with Crippen molar-refractivity contribution in [3.63, 3.8) is 0 Å². The van der Waals surface area contributed by atoms with Crippen LogP contribution >= 0.6 is 0 Å². The number of nitrogens with one attached hydrogen (secondary N) is 3. The van der Waals surface area contributed by atoms with Crippen LogP contribution in [0.5, 0.6) is 11.5 Å². The molecule has 58 heavy (non-hydrogen) atoms. The number of aromatic nitrogens is 1. The van der Waals surface area contributed by atoms with Crippen LogP contribution in [0.1, 0.15) is 112 Å². The highest BCUT2D eigenvalue weighted by Crippen LogP contribution is 2.46. The number of benzene rings is 1. The number of carbonyl (C=O) groups is 2. The van der Waals surface area contributed by atoms with Gasteiger partial charge in [-0.2, -0.15) is 0 Å². The number of rotatable bonds is 14. The Kier molecular flexibility index (Phi) is 13.7. The molecule has 2 aliphatic heterocycles. The van der Waals surface area contributed by atoms with E-state index in [0.717, 1.165) is 55.3 Å². The SMILES string of the molecule is COc1cc2c(cc1O)[C@@H](CC[C@H](O)CCC1=C(Cc3cc[nH]c3)CNC(N)=C1)C#C[C@]1(CC[C@H](C[C@H](CCO)[C@H]3CN[C@@H]4CC(=O)CC[C@@H]4C3)C[C@H]1O)C(=O)CC2. The van der Waals surface area contributed by atoms with Crippen molar-refractivity contribution < 1.29 is 34.8 Å². The Hall–Kier alpha value is -4.08. The summed E-state index contributed by atoms with van der Waals surface area (Å²) in [5.41, 5.74) is 10.3. The molecule has 11 heteroatoms. The number of allylic oxidation sites excluding steroid dienone is 2. The van der Waals surface area contributed by atoms with E-state index in [1.807, 2.05) is 18.5 Å². The molecule has 0 amide bonds. The van der Waals surface area contributed by atoms with E-state index in [-0.39, 0.29) is 42.4 Å². The van der Waals surface area contributed by atoms with Crippen LogP contribution in [-0.2, 0) is 22.4 Å². The fourth-order valence-electron chi connectivity index (χ4n) is 10.8. The van der Waals surface area contributed by atoms with Crippen molar-refractivity contribution >= 4 is 11.6 Å². The van der Waals surface area contributed by atoms with Gasteiger partial charge < -0.3 is 46.5 Å². The minimum atomic E-state index is -1.19. The predicted molar refractivity (Wildman–Crippen MR) is 223 cm³/mol. The number of aromatic amines is 1. The third-order valence-corrected chi connectivity index (χ3v) is 14.2. The Bertz CT molecular complexity index is 1900. The van der Waals surface area contributed by atoms with E-state index in [1.165, 1.54) is 18.2 Å². The Morgan fingerprint density at radius 3 is 2.74 bits per heavy atom. The van der Waals surface area contributed by atoms with E-state index in [1.54, 1.807) is 12.1 Å². The van der Waals surface area contributed by atoms with Crippen molar-refractivity contribution in [3.8, 4) is 23.3 Å². The van der Waals surface area contributed by atoms with Crippen molar-refractivity contribution in [1.29, 1.82) is 0 Å². The van der Waals surface area contributed by atoms with Crippen molar-refractivity contribution in [2.75, 3.05) is 26.8 Å². The molecule has 314 valence electrons. The molecule has 9 atom stereocenters. The quantitative estimate of drug-likeness (QED) is 0.120. The molecular weight excluding hydrogens is 733 g/mol. The lowest BCUT2D eigenvalue weighted by Crippen LogP contribution is -2.50. The first kappa shape index (κ1) is 42.1. The second-order valence-electron chi connectivity index (χ2n) is 17.9. The largest absolute Gasteiger partial charge is 0.504 e. The Labute approximate surface area is 343 Å². The molecule has 3 aliphatic carbocycles. The van der Waals surface area contributed by atoms with Crippen molar-refractivity contribution in [1.82, 2.24) is 15.6 Å². The van der Waals surface area contributed by atoms with E-state index in [9.17, 15) is 30.0 Å². The number of piperidine rings is 1. The zero-order valence-corrected chi connectivity index (χ0v) is 34.1. The molecule has 0 unspecified atom stereocenters. The number of carbonyl (C=O) groups excluding carboxylic acids is 2. The van der Waals surface area contributed by atoms with Gasteiger partial charge in [0, 0.05) is 56.8 Å². The van der Waals surface area contributed by atoms with E-state index in [2.05, 4.69) is 33.5 Å². The zero-order chi connectivity index (χ0) is 40.8. The van der Waals surface area contributed by atoms with Gasteiger partial charge in [0.2, 0.25) is 0 Å².